The Balaban J connectivity index is 4.08. The maximum Gasteiger partial charge on any atom is 0.303 e. The van der Waals surface area contributed by atoms with Crippen LogP contribution in [0.1, 0.15) is 13.8 Å². The average Bonchev–Trinajstić information content (AvgIpc) is 2.02. The average molecular weight is 219 g/mol. The van der Waals surface area contributed by atoms with Crippen LogP contribution in [0.2, 0.25) is 0 Å². The van der Waals surface area contributed by atoms with Gasteiger partial charge in [-0.05, 0) is 24.2 Å². The van der Waals surface area contributed by atoms with E-state index in [-0.39, 0.29) is 11.8 Å². The first-order valence-corrected chi connectivity index (χ1v) is 5.84. The van der Waals surface area contributed by atoms with Crippen LogP contribution in [0.4, 0.5) is 0 Å². The lowest BCUT2D eigenvalue weighted by Crippen LogP contribution is -2.40. The maximum absolute atomic E-state index is 11.3. The minimum Gasteiger partial charge on any atom is -0.616 e. The molecule has 3 atom stereocenters. The van der Waals surface area contributed by atoms with Crippen molar-refractivity contribution in [1.29, 1.82) is 0 Å². The summed E-state index contributed by atoms with van der Waals surface area (Å²) in [6.45, 7) is 6.51. The van der Waals surface area contributed by atoms with Crippen molar-refractivity contribution < 1.29 is 14.1 Å². The predicted octanol–water partition coefficient (Wildman–Crippen LogP) is 0.200. The molecule has 0 heterocycles. The second kappa shape index (κ2) is 6.86. The SMILES string of the molecule is C=CC[S+]([O-])CC(OC(C)=O)C(C)N. The number of nitrogens with two attached hydrogens (primary N) is 1. The molecule has 5 heteroatoms. The molecule has 0 aliphatic heterocycles. The third kappa shape index (κ3) is 6.01. The van der Waals surface area contributed by atoms with Crippen LogP contribution in [0.5, 0.6) is 0 Å². The van der Waals surface area contributed by atoms with Gasteiger partial charge in [0, 0.05) is 13.0 Å². The molecular formula is C9H17NO3S. The van der Waals surface area contributed by atoms with Crippen molar-refractivity contribution in [2.24, 2.45) is 5.73 Å². The summed E-state index contributed by atoms with van der Waals surface area (Å²) >= 11 is -1.06. The molecule has 82 valence electrons. The first kappa shape index (κ1) is 13.5. The van der Waals surface area contributed by atoms with Gasteiger partial charge in [-0.2, -0.15) is 0 Å². The molecule has 0 rings (SSSR count). The lowest BCUT2D eigenvalue weighted by molar-refractivity contribution is -0.146. The highest BCUT2D eigenvalue weighted by atomic mass is 32.2. The second-order valence-corrected chi connectivity index (χ2v) is 4.62. The van der Waals surface area contributed by atoms with E-state index in [9.17, 15) is 9.35 Å². The van der Waals surface area contributed by atoms with E-state index in [1.165, 1.54) is 6.92 Å². The van der Waals surface area contributed by atoms with Crippen molar-refractivity contribution in [2.75, 3.05) is 11.5 Å². The van der Waals surface area contributed by atoms with Crippen LogP contribution >= 0.6 is 0 Å². The Labute approximate surface area is 87.7 Å². The number of ether oxygens (including phenoxy) is 1. The summed E-state index contributed by atoms with van der Waals surface area (Å²) in [4.78, 5) is 10.7. The summed E-state index contributed by atoms with van der Waals surface area (Å²) < 4.78 is 16.3. The highest BCUT2D eigenvalue weighted by molar-refractivity contribution is 7.91. The van der Waals surface area contributed by atoms with Gasteiger partial charge in [0.05, 0.1) is 0 Å². The van der Waals surface area contributed by atoms with Crippen LogP contribution in [-0.2, 0) is 20.7 Å². The lowest BCUT2D eigenvalue weighted by Gasteiger charge is -2.21. The topological polar surface area (TPSA) is 75.4 Å². The Kier molecular flexibility index (Phi) is 6.61. The number of hydrogen-bond donors (Lipinski definition) is 1. The van der Waals surface area contributed by atoms with Gasteiger partial charge < -0.3 is 15.0 Å². The fourth-order valence-corrected chi connectivity index (χ4v) is 2.03. The third-order valence-electron chi connectivity index (χ3n) is 1.56. The molecule has 0 aliphatic carbocycles. The van der Waals surface area contributed by atoms with Crippen LogP contribution in [0.3, 0.4) is 0 Å². The molecule has 0 aliphatic rings. The minimum absolute atomic E-state index is 0.267. The molecule has 0 aromatic heterocycles. The molecule has 0 aromatic rings. The molecular weight excluding hydrogens is 202 g/mol. The van der Waals surface area contributed by atoms with E-state index in [0.717, 1.165) is 0 Å². The Hall–Kier alpha value is -0.520. The minimum atomic E-state index is -1.06. The maximum atomic E-state index is 11.3. The Morgan fingerprint density at radius 1 is 1.79 bits per heavy atom. The standard InChI is InChI=1S/C9H17NO3S/c1-4-5-14(12)6-9(7(2)10)13-8(3)11/h4,7,9H,1,5-6,10H2,2-3H3. The zero-order chi connectivity index (χ0) is 11.1. The van der Waals surface area contributed by atoms with Gasteiger partial charge in [0.1, 0.15) is 11.5 Å². The molecule has 0 aromatic carbocycles. The largest absolute Gasteiger partial charge is 0.616 e. The van der Waals surface area contributed by atoms with E-state index in [1.807, 2.05) is 0 Å². The molecule has 0 amide bonds. The zero-order valence-electron chi connectivity index (χ0n) is 8.56. The fraction of sp³-hybridized carbons (Fsp3) is 0.667. The van der Waals surface area contributed by atoms with Crippen molar-refractivity contribution in [3.63, 3.8) is 0 Å². The van der Waals surface area contributed by atoms with Crippen molar-refractivity contribution in [3.8, 4) is 0 Å². The number of carbonyl (C=O) groups excluding carboxylic acids is 1. The molecule has 0 saturated heterocycles. The molecule has 4 nitrogen and oxygen atoms in total. The van der Waals surface area contributed by atoms with Gasteiger partial charge in [0.25, 0.3) is 0 Å². The lowest BCUT2D eigenvalue weighted by atomic mass is 10.2. The number of esters is 1. The van der Waals surface area contributed by atoms with Crippen molar-refractivity contribution in [3.05, 3.63) is 12.7 Å². The summed E-state index contributed by atoms with van der Waals surface area (Å²) in [7, 11) is 0. The van der Waals surface area contributed by atoms with Gasteiger partial charge in [0.2, 0.25) is 0 Å². The Bertz CT molecular complexity index is 196. The van der Waals surface area contributed by atoms with E-state index in [0.29, 0.717) is 5.75 Å². The first-order chi connectivity index (χ1) is 6.47. The van der Waals surface area contributed by atoms with Crippen molar-refractivity contribution in [1.82, 2.24) is 0 Å². The van der Waals surface area contributed by atoms with Crippen molar-refractivity contribution >= 4 is 17.1 Å². The fourth-order valence-electron chi connectivity index (χ4n) is 0.889. The predicted molar refractivity (Wildman–Crippen MR) is 57.3 cm³/mol. The van der Waals surface area contributed by atoms with Gasteiger partial charge >= 0.3 is 5.97 Å². The normalized spacial score (nSPS) is 16.9. The van der Waals surface area contributed by atoms with E-state index in [4.69, 9.17) is 10.5 Å². The Morgan fingerprint density at radius 2 is 2.36 bits per heavy atom. The van der Waals surface area contributed by atoms with Crippen LogP contribution in [-0.4, -0.2) is 34.2 Å². The van der Waals surface area contributed by atoms with Gasteiger partial charge in [-0.1, -0.05) is 6.58 Å². The summed E-state index contributed by atoms with van der Waals surface area (Å²) in [5, 5.41) is 0. The highest BCUT2D eigenvalue weighted by Gasteiger charge is 2.22. The van der Waals surface area contributed by atoms with Crippen LogP contribution in [0.15, 0.2) is 12.7 Å². The summed E-state index contributed by atoms with van der Waals surface area (Å²) in [6, 6.07) is -0.312. The summed E-state index contributed by atoms with van der Waals surface area (Å²) in [5.74, 6) is 0.260. The van der Waals surface area contributed by atoms with E-state index in [1.54, 1.807) is 13.0 Å². The quantitative estimate of drug-likeness (QED) is 0.393. The monoisotopic (exact) mass is 219 g/mol. The van der Waals surface area contributed by atoms with Gasteiger partial charge in [-0.25, -0.2) is 0 Å². The van der Waals surface area contributed by atoms with E-state index >= 15 is 0 Å². The van der Waals surface area contributed by atoms with Gasteiger partial charge in [-0.15, -0.1) is 0 Å². The highest BCUT2D eigenvalue weighted by Crippen LogP contribution is 2.04. The van der Waals surface area contributed by atoms with E-state index in [2.05, 4.69) is 6.58 Å². The molecule has 0 fully saturated rings. The second-order valence-electron chi connectivity index (χ2n) is 3.07. The molecule has 2 N–H and O–H groups in total. The van der Waals surface area contributed by atoms with Crippen LogP contribution in [0.25, 0.3) is 0 Å². The van der Waals surface area contributed by atoms with Gasteiger partial charge in [0.15, 0.2) is 6.10 Å². The molecule has 0 radical (unpaired) electrons. The number of carbonyl (C=O) groups is 1. The molecule has 0 spiro atoms. The van der Waals surface area contributed by atoms with Crippen LogP contribution < -0.4 is 5.73 Å². The van der Waals surface area contributed by atoms with E-state index < -0.39 is 23.2 Å². The summed E-state index contributed by atoms with van der Waals surface area (Å²) in [5.41, 5.74) is 5.59. The van der Waals surface area contributed by atoms with Crippen molar-refractivity contribution in [2.45, 2.75) is 26.0 Å². The Morgan fingerprint density at radius 3 is 2.71 bits per heavy atom. The van der Waals surface area contributed by atoms with Crippen LogP contribution in [0, 0.1) is 0 Å². The smallest absolute Gasteiger partial charge is 0.303 e. The number of hydrogen-bond acceptors (Lipinski definition) is 4. The molecule has 0 bridgehead atoms. The summed E-state index contributed by atoms with van der Waals surface area (Å²) in [6.07, 6.45) is 1.09. The molecule has 14 heavy (non-hydrogen) atoms. The molecule has 3 unspecified atom stereocenters. The molecule has 0 saturated carbocycles. The zero-order valence-corrected chi connectivity index (χ0v) is 9.38. The number of rotatable bonds is 6. The first-order valence-electron chi connectivity index (χ1n) is 4.36. The van der Waals surface area contributed by atoms with Gasteiger partial charge in [-0.3, -0.25) is 4.79 Å². The third-order valence-corrected chi connectivity index (χ3v) is 2.87.